The van der Waals surface area contributed by atoms with Crippen LogP contribution in [0.3, 0.4) is 0 Å². The van der Waals surface area contributed by atoms with E-state index in [0.717, 1.165) is 19.2 Å². The molecule has 1 saturated heterocycles. The SMILES string of the molecule is CN(C)C(=O)CN1CCCN(C(=O)c2ccn(C(F)F)n2)CC1. The van der Waals surface area contributed by atoms with Crippen LogP contribution in [0.4, 0.5) is 8.78 Å². The molecule has 0 radical (unpaired) electrons. The first kappa shape index (κ1) is 17.3. The number of hydrogen-bond donors (Lipinski definition) is 0. The molecule has 2 amide bonds. The maximum atomic E-state index is 12.5. The molecule has 23 heavy (non-hydrogen) atoms. The highest BCUT2D eigenvalue weighted by Crippen LogP contribution is 2.12. The fourth-order valence-corrected chi connectivity index (χ4v) is 2.39. The highest BCUT2D eigenvalue weighted by molar-refractivity contribution is 5.92. The summed E-state index contributed by atoms with van der Waals surface area (Å²) in [6.07, 6.45) is 1.82. The van der Waals surface area contributed by atoms with Crippen LogP contribution in [0.1, 0.15) is 23.5 Å². The summed E-state index contributed by atoms with van der Waals surface area (Å²) in [4.78, 5) is 29.2. The molecule has 1 aliphatic heterocycles. The van der Waals surface area contributed by atoms with Gasteiger partial charge in [0.1, 0.15) is 0 Å². The second kappa shape index (κ2) is 7.49. The highest BCUT2D eigenvalue weighted by atomic mass is 19.3. The van der Waals surface area contributed by atoms with Crippen LogP contribution < -0.4 is 0 Å². The Morgan fingerprint density at radius 2 is 2.00 bits per heavy atom. The maximum Gasteiger partial charge on any atom is 0.333 e. The molecular formula is C14H21F2N5O2. The molecule has 0 aromatic carbocycles. The Kier molecular flexibility index (Phi) is 5.64. The Hall–Kier alpha value is -2.03. The number of carbonyl (C=O) groups excluding carboxylic acids is 2. The Bertz CT molecular complexity index is 561. The molecule has 0 aliphatic carbocycles. The zero-order chi connectivity index (χ0) is 17.0. The van der Waals surface area contributed by atoms with Crippen LogP contribution >= 0.6 is 0 Å². The minimum atomic E-state index is -2.76. The van der Waals surface area contributed by atoms with Crippen molar-refractivity contribution in [3.63, 3.8) is 0 Å². The van der Waals surface area contributed by atoms with E-state index in [9.17, 15) is 18.4 Å². The lowest BCUT2D eigenvalue weighted by atomic mass is 10.3. The fraction of sp³-hybridized carbons (Fsp3) is 0.643. The number of amides is 2. The quantitative estimate of drug-likeness (QED) is 0.808. The number of nitrogens with zero attached hydrogens (tertiary/aromatic N) is 5. The molecule has 1 fully saturated rings. The van der Waals surface area contributed by atoms with E-state index in [1.807, 2.05) is 4.90 Å². The van der Waals surface area contributed by atoms with Crippen LogP contribution in [-0.2, 0) is 4.79 Å². The zero-order valence-electron chi connectivity index (χ0n) is 13.3. The number of halogens is 2. The number of rotatable bonds is 4. The number of likely N-dealkylation sites (N-methyl/N-ethyl adjacent to an activating group) is 1. The van der Waals surface area contributed by atoms with Crippen molar-refractivity contribution in [2.24, 2.45) is 0 Å². The molecule has 1 aromatic heterocycles. The van der Waals surface area contributed by atoms with E-state index < -0.39 is 6.55 Å². The Balaban J connectivity index is 1.94. The smallest absolute Gasteiger partial charge is 0.333 e. The summed E-state index contributed by atoms with van der Waals surface area (Å²) in [5.41, 5.74) is 0.0168. The van der Waals surface area contributed by atoms with Crippen LogP contribution in [0, 0.1) is 0 Å². The first-order valence-corrected chi connectivity index (χ1v) is 7.43. The lowest BCUT2D eigenvalue weighted by Crippen LogP contribution is -2.39. The van der Waals surface area contributed by atoms with Crippen molar-refractivity contribution < 1.29 is 18.4 Å². The molecule has 128 valence electrons. The highest BCUT2D eigenvalue weighted by Gasteiger charge is 2.23. The molecule has 0 saturated carbocycles. The first-order valence-electron chi connectivity index (χ1n) is 7.43. The monoisotopic (exact) mass is 329 g/mol. The molecule has 0 spiro atoms. The Morgan fingerprint density at radius 1 is 1.26 bits per heavy atom. The second-order valence-electron chi connectivity index (χ2n) is 5.67. The van der Waals surface area contributed by atoms with Gasteiger partial charge >= 0.3 is 6.55 Å². The molecule has 1 aromatic rings. The zero-order valence-corrected chi connectivity index (χ0v) is 13.3. The minimum absolute atomic E-state index is 0.0143. The normalized spacial score (nSPS) is 16.5. The summed E-state index contributed by atoms with van der Waals surface area (Å²) in [6.45, 7) is -0.188. The number of carbonyl (C=O) groups is 2. The van der Waals surface area contributed by atoms with Crippen molar-refractivity contribution in [1.29, 1.82) is 0 Å². The minimum Gasteiger partial charge on any atom is -0.348 e. The van der Waals surface area contributed by atoms with E-state index >= 15 is 0 Å². The van der Waals surface area contributed by atoms with E-state index in [1.54, 1.807) is 19.0 Å². The number of alkyl halides is 2. The number of hydrogen-bond acceptors (Lipinski definition) is 4. The summed E-state index contributed by atoms with van der Waals surface area (Å²) in [7, 11) is 3.41. The van der Waals surface area contributed by atoms with Crippen LogP contribution in [0.2, 0.25) is 0 Å². The van der Waals surface area contributed by atoms with Gasteiger partial charge in [0.25, 0.3) is 5.91 Å². The second-order valence-corrected chi connectivity index (χ2v) is 5.67. The third-order valence-electron chi connectivity index (χ3n) is 3.76. The van der Waals surface area contributed by atoms with Crippen molar-refractivity contribution >= 4 is 11.8 Å². The third kappa shape index (κ3) is 4.47. The predicted octanol–water partition coefficient (Wildman–Crippen LogP) is 0.514. The topological polar surface area (TPSA) is 61.7 Å². The summed E-state index contributed by atoms with van der Waals surface area (Å²) < 4.78 is 25.5. The van der Waals surface area contributed by atoms with Crippen LogP contribution in [0.5, 0.6) is 0 Å². The fourth-order valence-electron chi connectivity index (χ4n) is 2.39. The van der Waals surface area contributed by atoms with Gasteiger partial charge in [-0.15, -0.1) is 0 Å². The van der Waals surface area contributed by atoms with Crippen molar-refractivity contribution in [3.05, 3.63) is 18.0 Å². The van der Waals surface area contributed by atoms with Gasteiger partial charge in [-0.3, -0.25) is 14.5 Å². The van der Waals surface area contributed by atoms with Gasteiger partial charge in [-0.05, 0) is 12.5 Å². The van der Waals surface area contributed by atoms with Gasteiger partial charge in [0.2, 0.25) is 5.91 Å². The van der Waals surface area contributed by atoms with Crippen molar-refractivity contribution in [1.82, 2.24) is 24.5 Å². The molecule has 0 bridgehead atoms. The number of aromatic nitrogens is 2. The van der Waals surface area contributed by atoms with Gasteiger partial charge in [0.15, 0.2) is 5.69 Å². The van der Waals surface area contributed by atoms with Crippen molar-refractivity contribution in [2.75, 3.05) is 46.8 Å². The van der Waals surface area contributed by atoms with Crippen molar-refractivity contribution in [2.45, 2.75) is 13.0 Å². The van der Waals surface area contributed by atoms with Gasteiger partial charge in [-0.2, -0.15) is 13.9 Å². The molecule has 7 nitrogen and oxygen atoms in total. The molecule has 0 atom stereocenters. The van der Waals surface area contributed by atoms with Gasteiger partial charge in [-0.1, -0.05) is 0 Å². The molecule has 1 aliphatic rings. The summed E-state index contributed by atoms with van der Waals surface area (Å²) in [5, 5.41) is 3.61. The van der Waals surface area contributed by atoms with Gasteiger partial charge in [0, 0.05) is 46.5 Å². The van der Waals surface area contributed by atoms with Crippen LogP contribution in [-0.4, -0.2) is 83.1 Å². The molecule has 9 heteroatoms. The van der Waals surface area contributed by atoms with E-state index in [-0.39, 0.29) is 17.5 Å². The van der Waals surface area contributed by atoms with E-state index in [2.05, 4.69) is 5.10 Å². The lowest BCUT2D eigenvalue weighted by molar-refractivity contribution is -0.129. The third-order valence-corrected chi connectivity index (χ3v) is 3.76. The molecule has 0 N–H and O–H groups in total. The predicted molar refractivity (Wildman–Crippen MR) is 79.1 cm³/mol. The summed E-state index contributed by atoms with van der Waals surface area (Å²) >= 11 is 0. The Morgan fingerprint density at radius 3 is 2.61 bits per heavy atom. The average Bonchev–Trinajstić information content (AvgIpc) is 2.88. The standard InChI is InChI=1S/C14H21F2N5O2/c1-18(2)12(22)10-19-5-3-6-20(9-8-19)13(23)11-4-7-21(17-11)14(15)16/h4,7,14H,3,5-6,8-10H2,1-2H3. The first-order chi connectivity index (χ1) is 10.9. The van der Waals surface area contributed by atoms with Crippen LogP contribution in [0.25, 0.3) is 0 Å². The summed E-state index contributed by atoms with van der Waals surface area (Å²) in [5.74, 6) is -0.342. The molecule has 2 heterocycles. The van der Waals surface area contributed by atoms with Gasteiger partial charge in [-0.25, -0.2) is 4.68 Å². The van der Waals surface area contributed by atoms with Crippen molar-refractivity contribution in [3.8, 4) is 0 Å². The van der Waals surface area contributed by atoms with E-state index in [0.29, 0.717) is 30.9 Å². The maximum absolute atomic E-state index is 12.5. The molecule has 2 rings (SSSR count). The largest absolute Gasteiger partial charge is 0.348 e. The van der Waals surface area contributed by atoms with E-state index in [1.165, 1.54) is 11.0 Å². The lowest BCUT2D eigenvalue weighted by Gasteiger charge is -2.22. The van der Waals surface area contributed by atoms with Gasteiger partial charge in [0.05, 0.1) is 6.54 Å². The van der Waals surface area contributed by atoms with Crippen LogP contribution in [0.15, 0.2) is 12.3 Å². The van der Waals surface area contributed by atoms with Gasteiger partial charge < -0.3 is 9.80 Å². The average molecular weight is 329 g/mol. The molecular weight excluding hydrogens is 308 g/mol. The Labute approximate surface area is 133 Å². The molecule has 0 unspecified atom stereocenters. The summed E-state index contributed by atoms with van der Waals surface area (Å²) in [6, 6.07) is 1.30. The van der Waals surface area contributed by atoms with E-state index in [4.69, 9.17) is 0 Å².